The van der Waals surface area contributed by atoms with Crippen molar-refractivity contribution in [3.63, 3.8) is 0 Å². The predicted octanol–water partition coefficient (Wildman–Crippen LogP) is 2.55. The highest BCUT2D eigenvalue weighted by Gasteiger charge is 2.10. The molecule has 0 saturated heterocycles. The van der Waals surface area contributed by atoms with Crippen LogP contribution in [-0.4, -0.2) is 13.1 Å². The molecule has 1 aromatic heterocycles. The van der Waals surface area contributed by atoms with Crippen LogP contribution in [0.1, 0.15) is 15.6 Å². The van der Waals surface area contributed by atoms with E-state index in [4.69, 9.17) is 5.26 Å². The maximum absolute atomic E-state index is 8.80. The number of aryl methyl sites for hydroxylation is 1. The third-order valence-electron chi connectivity index (χ3n) is 1.39. The monoisotopic (exact) mass is 220 g/mol. The number of nitriles is 1. The molecule has 0 N–H and O–H groups in total. The Labute approximate surface area is 89.6 Å². The first-order chi connectivity index (χ1) is 6.42. The molecule has 2 nitrogen and oxygen atoms in total. The molecule has 0 aliphatic heterocycles. The first kappa shape index (κ1) is 11.0. The van der Waals surface area contributed by atoms with Crippen molar-refractivity contribution >= 4 is 19.4 Å². The number of hydrogen-bond donors (Lipinski definition) is 0. The Bertz CT molecular complexity index is 437. The maximum atomic E-state index is 8.80. The van der Waals surface area contributed by atoms with Crippen LogP contribution < -0.4 is 0 Å². The number of hydrogen-bond acceptors (Lipinski definition) is 3. The van der Waals surface area contributed by atoms with E-state index in [0.29, 0.717) is 5.69 Å². The Morgan fingerprint density at radius 2 is 2.00 bits per heavy atom. The van der Waals surface area contributed by atoms with Crippen molar-refractivity contribution in [2.75, 3.05) is 0 Å². The van der Waals surface area contributed by atoms with Gasteiger partial charge in [-0.15, -0.1) is 16.9 Å². The van der Waals surface area contributed by atoms with Gasteiger partial charge >= 0.3 is 0 Å². The summed E-state index contributed by atoms with van der Waals surface area (Å²) in [5.74, 6) is 3.07. The third-order valence-corrected chi connectivity index (χ3v) is 3.15. The SMILES string of the molecule is Cc1nc(C#N)c(C#C[Si](C)(C)C)s1. The number of rotatable bonds is 0. The van der Waals surface area contributed by atoms with E-state index in [2.05, 4.69) is 42.2 Å². The van der Waals surface area contributed by atoms with Crippen molar-refractivity contribution < 1.29 is 0 Å². The second-order valence-electron chi connectivity index (χ2n) is 4.02. The normalized spacial score (nSPS) is 10.2. The van der Waals surface area contributed by atoms with Crippen LogP contribution in [0.4, 0.5) is 0 Å². The summed E-state index contributed by atoms with van der Waals surface area (Å²) in [6.07, 6.45) is 0. The van der Waals surface area contributed by atoms with Gasteiger partial charge in [-0.25, -0.2) is 4.98 Å². The summed E-state index contributed by atoms with van der Waals surface area (Å²) in [6.45, 7) is 8.44. The van der Waals surface area contributed by atoms with Crippen molar-refractivity contribution in [2.24, 2.45) is 0 Å². The van der Waals surface area contributed by atoms with Crippen molar-refractivity contribution in [3.05, 3.63) is 15.6 Å². The lowest BCUT2D eigenvalue weighted by molar-refractivity contribution is 1.25. The Morgan fingerprint density at radius 3 is 2.50 bits per heavy atom. The van der Waals surface area contributed by atoms with Gasteiger partial charge in [-0.3, -0.25) is 0 Å². The van der Waals surface area contributed by atoms with Crippen molar-refractivity contribution in [3.8, 4) is 17.5 Å². The fourth-order valence-corrected chi connectivity index (χ4v) is 2.14. The minimum absolute atomic E-state index is 0.471. The zero-order valence-corrected chi connectivity index (χ0v) is 10.6. The minimum Gasteiger partial charge on any atom is -0.229 e. The lowest BCUT2D eigenvalue weighted by Crippen LogP contribution is -2.16. The standard InChI is InChI=1S/C10H12N2SSi/c1-8-12-9(7-11)10(13-8)5-6-14(2,3)4/h1-4H3. The molecule has 4 heteroatoms. The van der Waals surface area contributed by atoms with Gasteiger partial charge in [-0.2, -0.15) is 5.26 Å². The molecule has 0 radical (unpaired) electrons. The number of aromatic nitrogens is 1. The van der Waals surface area contributed by atoms with E-state index < -0.39 is 8.07 Å². The zero-order chi connectivity index (χ0) is 10.8. The highest BCUT2D eigenvalue weighted by molar-refractivity contribution is 7.12. The van der Waals surface area contributed by atoms with E-state index in [1.54, 1.807) is 0 Å². The number of thiazole rings is 1. The summed E-state index contributed by atoms with van der Waals surface area (Å²) in [5.41, 5.74) is 3.70. The summed E-state index contributed by atoms with van der Waals surface area (Å²) < 4.78 is 0. The van der Waals surface area contributed by atoms with Gasteiger partial charge in [0.2, 0.25) is 0 Å². The molecule has 1 heterocycles. The second kappa shape index (κ2) is 3.96. The van der Waals surface area contributed by atoms with Crippen LogP contribution in [0.25, 0.3) is 0 Å². The van der Waals surface area contributed by atoms with Crippen LogP contribution in [0.5, 0.6) is 0 Å². The Kier molecular flexibility index (Phi) is 3.10. The predicted molar refractivity (Wildman–Crippen MR) is 61.8 cm³/mol. The molecule has 0 aliphatic rings. The maximum Gasteiger partial charge on any atom is 0.167 e. The molecule has 0 aromatic carbocycles. The smallest absolute Gasteiger partial charge is 0.167 e. The first-order valence-corrected chi connectivity index (χ1v) is 8.65. The molecule has 0 spiro atoms. The van der Waals surface area contributed by atoms with Gasteiger partial charge in [0.1, 0.15) is 19.0 Å². The molecule has 0 saturated carbocycles. The summed E-state index contributed by atoms with van der Waals surface area (Å²) in [6, 6.07) is 2.06. The van der Waals surface area contributed by atoms with Crippen LogP contribution in [0, 0.1) is 29.7 Å². The molecule has 1 aromatic rings. The summed E-state index contributed by atoms with van der Waals surface area (Å²) >= 11 is 1.49. The van der Waals surface area contributed by atoms with Gasteiger partial charge < -0.3 is 0 Å². The van der Waals surface area contributed by atoms with Crippen LogP contribution >= 0.6 is 11.3 Å². The first-order valence-electron chi connectivity index (χ1n) is 4.33. The molecule has 0 bridgehead atoms. The summed E-state index contributed by atoms with van der Waals surface area (Å²) in [5, 5.41) is 9.70. The highest BCUT2D eigenvalue weighted by atomic mass is 32.1. The van der Waals surface area contributed by atoms with E-state index >= 15 is 0 Å². The van der Waals surface area contributed by atoms with Crippen molar-refractivity contribution in [2.45, 2.75) is 26.6 Å². The molecule has 0 aliphatic carbocycles. The summed E-state index contributed by atoms with van der Waals surface area (Å²) in [7, 11) is -1.36. The molecule has 0 atom stereocenters. The summed E-state index contributed by atoms with van der Waals surface area (Å²) in [4.78, 5) is 4.91. The fourth-order valence-electron chi connectivity index (χ4n) is 0.832. The van der Waals surface area contributed by atoms with E-state index in [-0.39, 0.29) is 0 Å². The molecule has 0 fully saturated rings. The topological polar surface area (TPSA) is 36.7 Å². The van der Waals surface area contributed by atoms with E-state index in [9.17, 15) is 0 Å². The molecule has 0 amide bonds. The quantitative estimate of drug-likeness (QED) is 0.497. The Hall–Kier alpha value is -1.10. The third kappa shape index (κ3) is 2.99. The van der Waals surface area contributed by atoms with Crippen LogP contribution in [-0.2, 0) is 0 Å². The van der Waals surface area contributed by atoms with E-state index in [1.165, 1.54) is 11.3 Å². The molecule has 72 valence electrons. The Morgan fingerprint density at radius 1 is 1.36 bits per heavy atom. The van der Waals surface area contributed by atoms with Gasteiger partial charge in [0.25, 0.3) is 0 Å². The van der Waals surface area contributed by atoms with Crippen LogP contribution in [0.2, 0.25) is 19.6 Å². The van der Waals surface area contributed by atoms with Gasteiger partial charge in [0.05, 0.1) is 5.01 Å². The van der Waals surface area contributed by atoms with Gasteiger partial charge in [-0.1, -0.05) is 25.6 Å². The minimum atomic E-state index is -1.36. The van der Waals surface area contributed by atoms with Crippen LogP contribution in [0.3, 0.4) is 0 Å². The van der Waals surface area contributed by atoms with Crippen molar-refractivity contribution in [1.29, 1.82) is 5.26 Å². The largest absolute Gasteiger partial charge is 0.229 e. The average molecular weight is 220 g/mol. The molecular formula is C10H12N2SSi. The molecule has 0 unspecified atom stereocenters. The lowest BCUT2D eigenvalue weighted by Gasteiger charge is -2.02. The lowest BCUT2D eigenvalue weighted by atomic mass is 10.4. The van der Waals surface area contributed by atoms with Gasteiger partial charge in [0.15, 0.2) is 5.69 Å². The molecular weight excluding hydrogens is 208 g/mol. The average Bonchev–Trinajstić information content (AvgIpc) is 2.41. The van der Waals surface area contributed by atoms with Crippen LogP contribution in [0.15, 0.2) is 0 Å². The Balaban J connectivity index is 3.08. The highest BCUT2D eigenvalue weighted by Crippen LogP contribution is 2.15. The number of nitrogens with zero attached hydrogens (tertiary/aromatic N) is 2. The fraction of sp³-hybridized carbons (Fsp3) is 0.400. The molecule has 14 heavy (non-hydrogen) atoms. The zero-order valence-electron chi connectivity index (χ0n) is 8.80. The second-order valence-corrected chi connectivity index (χ2v) is 9.98. The van der Waals surface area contributed by atoms with E-state index in [1.807, 2.05) is 6.92 Å². The van der Waals surface area contributed by atoms with Crippen molar-refractivity contribution in [1.82, 2.24) is 4.98 Å². The van der Waals surface area contributed by atoms with E-state index in [0.717, 1.165) is 9.88 Å². The van der Waals surface area contributed by atoms with Gasteiger partial charge in [0, 0.05) is 0 Å². The molecule has 1 rings (SSSR count). The van der Waals surface area contributed by atoms with Gasteiger partial charge in [-0.05, 0) is 6.92 Å².